The lowest BCUT2D eigenvalue weighted by Crippen LogP contribution is -2.31. The Kier molecular flexibility index (Phi) is 3.90. The first-order chi connectivity index (χ1) is 8.99. The van der Waals surface area contributed by atoms with Gasteiger partial charge in [0.15, 0.2) is 0 Å². The molecule has 0 spiro atoms. The molecule has 0 atom stereocenters. The second kappa shape index (κ2) is 5.44. The van der Waals surface area contributed by atoms with E-state index in [1.807, 2.05) is 20.0 Å². The van der Waals surface area contributed by atoms with Crippen molar-refractivity contribution in [3.8, 4) is 0 Å². The van der Waals surface area contributed by atoms with Gasteiger partial charge in [0.05, 0.1) is 29.2 Å². The van der Waals surface area contributed by atoms with Gasteiger partial charge in [0.2, 0.25) is 5.91 Å². The molecule has 0 unspecified atom stereocenters. The number of halogens is 1. The standard InChI is InChI=1S/C12H16ClN5O/c1-9-11(13)6-15-18(9)8-12(19)16(2)7-10-4-5-14-17(10)3/h4-6H,7-8H2,1-3H3. The van der Waals surface area contributed by atoms with E-state index in [4.69, 9.17) is 11.6 Å². The number of hydrogen-bond acceptors (Lipinski definition) is 3. The van der Waals surface area contributed by atoms with Crippen LogP contribution < -0.4 is 0 Å². The molecule has 1 amide bonds. The molecule has 2 aromatic rings. The van der Waals surface area contributed by atoms with Gasteiger partial charge in [-0.25, -0.2) is 0 Å². The summed E-state index contributed by atoms with van der Waals surface area (Å²) in [5.41, 5.74) is 1.77. The summed E-state index contributed by atoms with van der Waals surface area (Å²) >= 11 is 5.91. The van der Waals surface area contributed by atoms with Gasteiger partial charge in [0.1, 0.15) is 6.54 Å². The molecular weight excluding hydrogens is 266 g/mol. The van der Waals surface area contributed by atoms with Crippen molar-refractivity contribution < 1.29 is 4.79 Å². The van der Waals surface area contributed by atoms with Gasteiger partial charge in [-0.1, -0.05) is 11.6 Å². The minimum atomic E-state index is -0.0240. The predicted molar refractivity (Wildman–Crippen MR) is 71.7 cm³/mol. The molecule has 0 saturated heterocycles. The normalized spacial score (nSPS) is 10.7. The smallest absolute Gasteiger partial charge is 0.244 e. The number of nitrogens with zero attached hydrogens (tertiary/aromatic N) is 5. The number of likely N-dealkylation sites (N-methyl/N-ethyl adjacent to an activating group) is 1. The van der Waals surface area contributed by atoms with Crippen molar-refractivity contribution in [2.75, 3.05) is 7.05 Å². The number of aromatic nitrogens is 4. The van der Waals surface area contributed by atoms with Crippen molar-refractivity contribution in [3.05, 3.63) is 34.9 Å². The number of carbonyl (C=O) groups is 1. The summed E-state index contributed by atoms with van der Waals surface area (Å²) in [7, 11) is 3.61. The summed E-state index contributed by atoms with van der Waals surface area (Å²) in [5, 5.41) is 8.72. The van der Waals surface area contributed by atoms with Gasteiger partial charge in [0, 0.05) is 20.3 Å². The van der Waals surface area contributed by atoms with E-state index < -0.39 is 0 Å². The van der Waals surface area contributed by atoms with E-state index in [2.05, 4.69) is 10.2 Å². The Hall–Kier alpha value is -1.82. The third kappa shape index (κ3) is 2.96. The molecule has 0 aromatic carbocycles. The molecule has 0 aliphatic heterocycles. The van der Waals surface area contributed by atoms with Crippen LogP contribution in [0.15, 0.2) is 18.5 Å². The Balaban J connectivity index is 2.00. The second-order valence-electron chi connectivity index (χ2n) is 4.43. The molecule has 0 radical (unpaired) electrons. The first-order valence-corrected chi connectivity index (χ1v) is 6.25. The summed E-state index contributed by atoms with van der Waals surface area (Å²) < 4.78 is 3.35. The topological polar surface area (TPSA) is 56.0 Å². The van der Waals surface area contributed by atoms with Gasteiger partial charge in [-0.05, 0) is 13.0 Å². The molecule has 7 heteroatoms. The second-order valence-corrected chi connectivity index (χ2v) is 4.84. The Morgan fingerprint density at radius 3 is 2.74 bits per heavy atom. The lowest BCUT2D eigenvalue weighted by atomic mass is 10.3. The van der Waals surface area contributed by atoms with Crippen molar-refractivity contribution in [2.24, 2.45) is 7.05 Å². The van der Waals surface area contributed by atoms with Gasteiger partial charge in [-0.15, -0.1) is 0 Å². The van der Waals surface area contributed by atoms with Gasteiger partial charge in [-0.3, -0.25) is 14.2 Å². The molecule has 0 bridgehead atoms. The van der Waals surface area contributed by atoms with Crippen molar-refractivity contribution in [3.63, 3.8) is 0 Å². The highest BCUT2D eigenvalue weighted by molar-refractivity contribution is 6.31. The maximum Gasteiger partial charge on any atom is 0.244 e. The fourth-order valence-electron chi connectivity index (χ4n) is 1.72. The van der Waals surface area contributed by atoms with Crippen LogP contribution in [0.25, 0.3) is 0 Å². The average Bonchev–Trinajstić information content (AvgIpc) is 2.90. The van der Waals surface area contributed by atoms with Crippen LogP contribution >= 0.6 is 11.6 Å². The molecule has 0 N–H and O–H groups in total. The molecule has 0 fully saturated rings. The van der Waals surface area contributed by atoms with Crippen LogP contribution in [0, 0.1) is 6.92 Å². The van der Waals surface area contributed by atoms with E-state index in [0.29, 0.717) is 11.6 Å². The Labute approximate surface area is 116 Å². The van der Waals surface area contributed by atoms with E-state index in [1.54, 1.807) is 33.7 Å². The molecule has 19 heavy (non-hydrogen) atoms. The molecule has 0 aliphatic rings. The highest BCUT2D eigenvalue weighted by Crippen LogP contribution is 2.13. The summed E-state index contributed by atoms with van der Waals surface area (Å²) in [6, 6.07) is 1.89. The SMILES string of the molecule is Cc1c(Cl)cnn1CC(=O)N(C)Cc1ccnn1C. The van der Waals surface area contributed by atoms with E-state index in [1.165, 1.54) is 0 Å². The fraction of sp³-hybridized carbons (Fsp3) is 0.417. The molecule has 0 aliphatic carbocycles. The van der Waals surface area contributed by atoms with Crippen LogP contribution in [0.4, 0.5) is 0 Å². The van der Waals surface area contributed by atoms with Gasteiger partial charge >= 0.3 is 0 Å². The van der Waals surface area contributed by atoms with Crippen molar-refractivity contribution in [1.29, 1.82) is 0 Å². The lowest BCUT2D eigenvalue weighted by molar-refractivity contribution is -0.131. The zero-order valence-corrected chi connectivity index (χ0v) is 11.9. The Morgan fingerprint density at radius 1 is 1.47 bits per heavy atom. The summed E-state index contributed by atoms with van der Waals surface area (Å²) in [6.07, 6.45) is 3.26. The van der Waals surface area contributed by atoms with E-state index >= 15 is 0 Å². The van der Waals surface area contributed by atoms with Crippen molar-refractivity contribution in [2.45, 2.75) is 20.0 Å². The van der Waals surface area contributed by atoms with Crippen LogP contribution in [0.3, 0.4) is 0 Å². The monoisotopic (exact) mass is 281 g/mol. The molecular formula is C12H16ClN5O. The number of hydrogen-bond donors (Lipinski definition) is 0. The number of amides is 1. The maximum absolute atomic E-state index is 12.1. The van der Waals surface area contributed by atoms with Gasteiger partial charge in [0.25, 0.3) is 0 Å². The number of rotatable bonds is 4. The highest BCUT2D eigenvalue weighted by atomic mass is 35.5. The molecule has 2 heterocycles. The summed E-state index contributed by atoms with van der Waals surface area (Å²) in [6.45, 7) is 2.54. The minimum Gasteiger partial charge on any atom is -0.338 e. The van der Waals surface area contributed by atoms with E-state index in [-0.39, 0.29) is 12.5 Å². The van der Waals surface area contributed by atoms with E-state index in [9.17, 15) is 4.79 Å². The highest BCUT2D eigenvalue weighted by Gasteiger charge is 2.14. The largest absolute Gasteiger partial charge is 0.338 e. The first kappa shape index (κ1) is 13.6. The Bertz CT molecular complexity index is 589. The average molecular weight is 282 g/mol. The van der Waals surface area contributed by atoms with Gasteiger partial charge < -0.3 is 4.90 Å². The number of carbonyl (C=O) groups excluding carboxylic acids is 1. The molecule has 2 rings (SSSR count). The van der Waals surface area contributed by atoms with Crippen molar-refractivity contribution in [1.82, 2.24) is 24.5 Å². The zero-order chi connectivity index (χ0) is 14.0. The fourth-order valence-corrected chi connectivity index (χ4v) is 1.86. The quantitative estimate of drug-likeness (QED) is 0.847. The maximum atomic E-state index is 12.1. The van der Waals surface area contributed by atoms with Crippen LogP contribution in [0.2, 0.25) is 5.02 Å². The zero-order valence-electron chi connectivity index (χ0n) is 11.2. The first-order valence-electron chi connectivity index (χ1n) is 5.87. The Morgan fingerprint density at radius 2 is 2.21 bits per heavy atom. The van der Waals surface area contributed by atoms with Crippen LogP contribution in [0.5, 0.6) is 0 Å². The van der Waals surface area contributed by atoms with Gasteiger partial charge in [-0.2, -0.15) is 10.2 Å². The van der Waals surface area contributed by atoms with Crippen LogP contribution in [0.1, 0.15) is 11.4 Å². The molecule has 0 saturated carbocycles. The van der Waals surface area contributed by atoms with Crippen LogP contribution in [-0.4, -0.2) is 37.4 Å². The molecule has 102 valence electrons. The van der Waals surface area contributed by atoms with E-state index in [0.717, 1.165) is 11.4 Å². The minimum absolute atomic E-state index is 0.0240. The van der Waals surface area contributed by atoms with Crippen molar-refractivity contribution >= 4 is 17.5 Å². The van der Waals surface area contributed by atoms with Crippen LogP contribution in [-0.2, 0) is 24.9 Å². The summed E-state index contributed by atoms with van der Waals surface area (Å²) in [4.78, 5) is 13.7. The number of aryl methyl sites for hydroxylation is 1. The third-order valence-corrected chi connectivity index (χ3v) is 3.45. The molecule has 6 nitrogen and oxygen atoms in total. The lowest BCUT2D eigenvalue weighted by Gasteiger charge is -2.17. The molecule has 2 aromatic heterocycles. The predicted octanol–water partition coefficient (Wildman–Crippen LogP) is 1.24. The summed E-state index contributed by atoms with van der Waals surface area (Å²) in [5.74, 6) is -0.0240. The third-order valence-electron chi connectivity index (χ3n) is 3.08.